The average molecular weight is 746 g/mol. The van der Waals surface area contributed by atoms with Crippen LogP contribution in [0.3, 0.4) is 0 Å². The summed E-state index contributed by atoms with van der Waals surface area (Å²) < 4.78 is 19.4. The number of hydrogen-bond donors (Lipinski definition) is 2. The van der Waals surface area contributed by atoms with Gasteiger partial charge in [0.05, 0.1) is 30.8 Å². The monoisotopic (exact) mass is 746 g/mol. The molecule has 4 aliphatic rings. The Bertz CT molecular complexity index is 1190. The molecular weight excluding hydrogens is 670 g/mol. The number of ketones is 1. The Hall–Kier alpha value is -1.66. The predicted octanol–water partition coefficient (Wildman–Crippen LogP) is 5.70. The molecule has 0 aromatic rings. The molecule has 10 heteroatoms. The van der Waals surface area contributed by atoms with Crippen molar-refractivity contribution in [2.45, 2.75) is 149 Å². The van der Waals surface area contributed by atoms with Crippen LogP contribution in [0.1, 0.15) is 106 Å². The number of allylic oxidation sites excluding steroid dienone is 3. The fourth-order valence-corrected chi connectivity index (χ4v) is 8.95. The maximum atomic E-state index is 13.8. The summed E-state index contributed by atoms with van der Waals surface area (Å²) in [7, 11) is 3.91. The van der Waals surface area contributed by atoms with E-state index in [0.717, 1.165) is 75.9 Å². The van der Waals surface area contributed by atoms with Crippen LogP contribution in [0.4, 0.5) is 0 Å². The van der Waals surface area contributed by atoms with Crippen molar-refractivity contribution in [3.05, 3.63) is 23.8 Å². The van der Waals surface area contributed by atoms with Crippen molar-refractivity contribution in [2.24, 2.45) is 35.5 Å². The molecule has 11 unspecified atom stereocenters. The number of aliphatic hydroxyl groups excluding tert-OH is 2. The molecule has 304 valence electrons. The average Bonchev–Trinajstić information content (AvgIpc) is 3.12. The molecule has 10 nitrogen and oxygen atoms in total. The maximum Gasteiger partial charge on any atom is 0.308 e. The lowest BCUT2D eigenvalue weighted by Crippen LogP contribution is -2.55. The number of likely N-dealkylation sites (N-methyl/N-ethyl adjacent to an activating group) is 1. The Kier molecular flexibility index (Phi) is 17.5. The van der Waals surface area contributed by atoms with E-state index in [1.165, 1.54) is 12.8 Å². The molecule has 11 atom stereocenters. The van der Waals surface area contributed by atoms with Crippen LogP contribution in [0, 0.1) is 35.5 Å². The Labute approximate surface area is 321 Å². The van der Waals surface area contributed by atoms with Gasteiger partial charge in [0.1, 0.15) is 6.10 Å². The first-order valence-electron chi connectivity index (χ1n) is 21.0. The van der Waals surface area contributed by atoms with Crippen molar-refractivity contribution < 1.29 is 34.0 Å². The third-order valence-corrected chi connectivity index (χ3v) is 12.9. The normalized spacial score (nSPS) is 39.1. The number of ether oxygens (including phenoxy) is 3. The highest BCUT2D eigenvalue weighted by Gasteiger charge is 2.42. The number of esters is 1. The van der Waals surface area contributed by atoms with E-state index in [0.29, 0.717) is 19.3 Å². The van der Waals surface area contributed by atoms with E-state index in [1.54, 1.807) is 6.08 Å². The van der Waals surface area contributed by atoms with Gasteiger partial charge in [-0.2, -0.15) is 0 Å². The van der Waals surface area contributed by atoms with Crippen LogP contribution < -0.4 is 0 Å². The van der Waals surface area contributed by atoms with Gasteiger partial charge in [-0.05, 0) is 129 Å². The summed E-state index contributed by atoms with van der Waals surface area (Å²) >= 11 is 0. The van der Waals surface area contributed by atoms with Crippen molar-refractivity contribution in [3.63, 3.8) is 0 Å². The van der Waals surface area contributed by atoms with Gasteiger partial charge in [0.2, 0.25) is 0 Å². The van der Waals surface area contributed by atoms with Crippen LogP contribution in [0.25, 0.3) is 0 Å². The number of nitrogens with zero attached hydrogens (tertiary/aromatic N) is 3. The molecule has 0 aromatic heterocycles. The fraction of sp³-hybridized carbons (Fsp3) is 0.860. The second-order valence-corrected chi connectivity index (χ2v) is 17.7. The number of carbonyl (C=O) groups excluding carboxylic acids is 2. The molecule has 4 rings (SSSR count). The molecule has 0 aromatic carbocycles. The second-order valence-electron chi connectivity index (χ2n) is 17.7. The van der Waals surface area contributed by atoms with Gasteiger partial charge in [0, 0.05) is 36.8 Å². The fourth-order valence-electron chi connectivity index (χ4n) is 8.95. The van der Waals surface area contributed by atoms with E-state index in [2.05, 4.69) is 29.7 Å². The lowest BCUT2D eigenvalue weighted by atomic mass is 9.79. The van der Waals surface area contributed by atoms with Gasteiger partial charge in [0.15, 0.2) is 12.1 Å². The van der Waals surface area contributed by atoms with E-state index in [1.807, 2.05) is 59.7 Å². The number of cyclic esters (lactones) is 1. The van der Waals surface area contributed by atoms with Crippen LogP contribution in [0.5, 0.6) is 0 Å². The minimum Gasteiger partial charge on any atom is -0.462 e. The number of rotatable bonds is 9. The zero-order valence-corrected chi connectivity index (χ0v) is 34.6. The maximum absolute atomic E-state index is 13.8. The van der Waals surface area contributed by atoms with Crippen LogP contribution in [0.2, 0.25) is 0 Å². The van der Waals surface area contributed by atoms with E-state index < -0.39 is 42.6 Å². The summed E-state index contributed by atoms with van der Waals surface area (Å²) in [5.74, 6) is 0.274. The van der Waals surface area contributed by atoms with Crippen LogP contribution in [0.15, 0.2) is 23.8 Å². The third kappa shape index (κ3) is 13.2. The quantitative estimate of drug-likeness (QED) is 0.285. The molecular formula is C43H75N3O7. The van der Waals surface area contributed by atoms with Gasteiger partial charge in [-0.15, -0.1) is 0 Å². The van der Waals surface area contributed by atoms with Crippen molar-refractivity contribution >= 4 is 11.8 Å². The molecule has 4 aliphatic heterocycles. The number of carbonyl (C=O) groups is 2. The van der Waals surface area contributed by atoms with Crippen molar-refractivity contribution in [2.75, 3.05) is 53.4 Å². The summed E-state index contributed by atoms with van der Waals surface area (Å²) in [5.41, 5.74) is 0.981. The van der Waals surface area contributed by atoms with E-state index >= 15 is 0 Å². The zero-order chi connectivity index (χ0) is 38.8. The lowest BCUT2D eigenvalue weighted by Gasteiger charge is -2.44. The Morgan fingerprint density at radius 2 is 1.53 bits per heavy atom. The summed E-state index contributed by atoms with van der Waals surface area (Å²) in [6.07, 6.45) is 9.26. The van der Waals surface area contributed by atoms with Crippen molar-refractivity contribution in [1.82, 2.24) is 14.7 Å². The molecule has 0 amide bonds. The van der Waals surface area contributed by atoms with Crippen molar-refractivity contribution in [1.29, 1.82) is 0 Å². The first kappa shape index (κ1) is 44.1. The summed E-state index contributed by atoms with van der Waals surface area (Å²) in [4.78, 5) is 34.5. The minimum atomic E-state index is -1.02. The Morgan fingerprint density at radius 1 is 0.906 bits per heavy atom. The van der Waals surface area contributed by atoms with Gasteiger partial charge in [-0.3, -0.25) is 9.59 Å². The number of piperidine rings is 2. The molecule has 3 saturated heterocycles. The van der Waals surface area contributed by atoms with Crippen LogP contribution >= 0.6 is 0 Å². The standard InChI is InChI=1S/C43H75N3O7/c1-10-39-35(27-46-20-15-29(3)16-21-46)23-30(4)11-12-37(47)31(5)24-34(17-22-45-18-13-28(2)14-19-45)43(32(6)38(48)26-40(49)52-39)53-41-25-36(44(8)9)42(50)33(7)51-41/h11-12,23,28-29,31-36,38-39,41-43,48,50H,10,13-22,24-27H2,1-9H3/b12-11+,30-23+. The highest BCUT2D eigenvalue weighted by Crippen LogP contribution is 2.35. The summed E-state index contributed by atoms with van der Waals surface area (Å²) in [6, 6.07) is -0.159. The van der Waals surface area contributed by atoms with Gasteiger partial charge in [-0.1, -0.05) is 52.3 Å². The third-order valence-electron chi connectivity index (χ3n) is 12.9. The Morgan fingerprint density at radius 3 is 2.13 bits per heavy atom. The first-order valence-corrected chi connectivity index (χ1v) is 21.0. The van der Waals surface area contributed by atoms with E-state index in [-0.39, 0.29) is 42.1 Å². The predicted molar refractivity (Wildman–Crippen MR) is 210 cm³/mol. The largest absolute Gasteiger partial charge is 0.462 e. The summed E-state index contributed by atoms with van der Waals surface area (Å²) in [6.45, 7) is 20.3. The minimum absolute atomic E-state index is 0.0410. The molecule has 0 bridgehead atoms. The zero-order valence-electron chi connectivity index (χ0n) is 34.6. The first-order chi connectivity index (χ1) is 25.1. The van der Waals surface area contributed by atoms with Gasteiger partial charge < -0.3 is 39.1 Å². The number of likely N-dealkylation sites (tertiary alicyclic amines) is 2. The lowest BCUT2D eigenvalue weighted by molar-refractivity contribution is -0.265. The topological polar surface area (TPSA) is 112 Å². The number of hydrogen-bond acceptors (Lipinski definition) is 10. The number of aliphatic hydroxyl groups is 2. The SMILES string of the molecule is CCC1OC(=O)CC(O)C(C)C(OC2CC(N(C)C)C(O)C(C)O2)C(CCN2CCC(C)CC2)CC(C)C(=O)/C=C/C(C)=C/C1CN1CCC(C)CC1. The molecule has 0 aliphatic carbocycles. The van der Waals surface area contributed by atoms with Crippen LogP contribution in [-0.4, -0.2) is 133 Å². The highest BCUT2D eigenvalue weighted by atomic mass is 16.7. The molecule has 4 heterocycles. The van der Waals surface area contributed by atoms with E-state index in [9.17, 15) is 19.8 Å². The van der Waals surface area contributed by atoms with Gasteiger partial charge in [-0.25, -0.2) is 0 Å². The second kappa shape index (κ2) is 21.0. The molecule has 0 spiro atoms. The summed E-state index contributed by atoms with van der Waals surface area (Å²) in [5, 5.41) is 22.8. The Balaban J connectivity index is 1.65. The highest BCUT2D eigenvalue weighted by molar-refractivity contribution is 5.91. The molecule has 2 N–H and O–H groups in total. The van der Waals surface area contributed by atoms with Gasteiger partial charge in [0.25, 0.3) is 0 Å². The van der Waals surface area contributed by atoms with Crippen LogP contribution in [-0.2, 0) is 23.8 Å². The molecule has 0 radical (unpaired) electrons. The van der Waals surface area contributed by atoms with E-state index in [4.69, 9.17) is 14.2 Å². The molecule has 0 saturated carbocycles. The molecule has 3 fully saturated rings. The smallest absolute Gasteiger partial charge is 0.308 e. The van der Waals surface area contributed by atoms with Crippen molar-refractivity contribution in [3.8, 4) is 0 Å². The molecule has 53 heavy (non-hydrogen) atoms. The van der Waals surface area contributed by atoms with Gasteiger partial charge >= 0.3 is 5.97 Å².